The fourth-order valence-corrected chi connectivity index (χ4v) is 3.07. The summed E-state index contributed by atoms with van der Waals surface area (Å²) in [6.45, 7) is 4.13. The Bertz CT molecular complexity index is 372. The molecule has 4 rings (SSSR count). The zero-order valence-corrected chi connectivity index (χ0v) is 11.3. The smallest absolute Gasteiger partial charge is 0.151 e. The van der Waals surface area contributed by atoms with Crippen LogP contribution in [0.5, 0.6) is 0 Å². The summed E-state index contributed by atoms with van der Waals surface area (Å²) in [5, 5.41) is 6.39. The molecule has 0 amide bonds. The Hall–Kier alpha value is -0.580. The predicted octanol–water partition coefficient (Wildman–Crippen LogP) is 2.77. The van der Waals surface area contributed by atoms with E-state index in [0.29, 0.717) is 12.5 Å². The lowest BCUT2D eigenvalue weighted by Gasteiger charge is -2.39. The predicted molar refractivity (Wildman–Crippen MR) is 73.0 cm³/mol. The van der Waals surface area contributed by atoms with Crippen LogP contribution >= 0.6 is 23.7 Å². The van der Waals surface area contributed by atoms with Crippen LogP contribution in [-0.4, -0.2) is 30.2 Å². The molecule has 0 N–H and O–H groups in total. The quantitative estimate of drug-likeness (QED) is 0.791. The molecule has 3 saturated heterocycles. The molecule has 17 heavy (non-hydrogen) atoms. The highest BCUT2D eigenvalue weighted by molar-refractivity contribution is 7.09. The van der Waals surface area contributed by atoms with Crippen molar-refractivity contribution in [1.29, 1.82) is 0 Å². The van der Waals surface area contributed by atoms with Gasteiger partial charge < -0.3 is 4.84 Å². The number of nitrogens with zero attached hydrogens (tertiary/aromatic N) is 2. The molecule has 3 aliphatic heterocycles. The van der Waals surface area contributed by atoms with Gasteiger partial charge in [0.2, 0.25) is 0 Å². The van der Waals surface area contributed by atoms with Crippen molar-refractivity contribution in [3.8, 4) is 0 Å². The van der Waals surface area contributed by atoms with Crippen molar-refractivity contribution in [3.63, 3.8) is 0 Å². The van der Waals surface area contributed by atoms with Gasteiger partial charge in [0, 0.05) is 17.3 Å². The fraction of sp³-hybridized carbons (Fsp3) is 0.583. The highest BCUT2D eigenvalue weighted by atomic mass is 35.5. The Morgan fingerprint density at radius 2 is 2.24 bits per heavy atom. The van der Waals surface area contributed by atoms with Crippen LogP contribution in [0, 0.1) is 5.92 Å². The third kappa shape index (κ3) is 3.00. The summed E-state index contributed by atoms with van der Waals surface area (Å²) < 4.78 is 0. The monoisotopic (exact) mass is 272 g/mol. The molecule has 0 aliphatic carbocycles. The SMILES string of the molecule is Cl.c1csc(CON=C2CN3CCC2CC3)c1. The maximum Gasteiger partial charge on any atom is 0.151 e. The van der Waals surface area contributed by atoms with Crippen LogP contribution in [0.2, 0.25) is 0 Å². The van der Waals surface area contributed by atoms with Crippen LogP contribution in [0.1, 0.15) is 17.7 Å². The fourth-order valence-electron chi connectivity index (χ4n) is 2.46. The average Bonchev–Trinajstić information content (AvgIpc) is 2.84. The van der Waals surface area contributed by atoms with E-state index in [1.165, 1.54) is 36.5 Å². The first-order chi connectivity index (χ1) is 7.92. The van der Waals surface area contributed by atoms with Crippen molar-refractivity contribution in [2.45, 2.75) is 19.4 Å². The maximum absolute atomic E-state index is 5.44. The number of hydrogen-bond acceptors (Lipinski definition) is 4. The lowest BCUT2D eigenvalue weighted by molar-refractivity contribution is 0.120. The van der Waals surface area contributed by atoms with Gasteiger partial charge in [-0.15, -0.1) is 23.7 Å². The van der Waals surface area contributed by atoms with Crippen LogP contribution in [0.25, 0.3) is 0 Å². The lowest BCUT2D eigenvalue weighted by Crippen LogP contribution is -2.47. The first-order valence-electron chi connectivity index (χ1n) is 5.85. The number of rotatable bonds is 3. The molecule has 0 atom stereocenters. The zero-order chi connectivity index (χ0) is 10.8. The summed E-state index contributed by atoms with van der Waals surface area (Å²) in [5.74, 6) is 0.688. The van der Waals surface area contributed by atoms with Crippen LogP contribution in [-0.2, 0) is 11.4 Å². The van der Waals surface area contributed by atoms with Crippen LogP contribution in [0.4, 0.5) is 0 Å². The molecule has 3 fully saturated rings. The minimum Gasteiger partial charge on any atom is -0.390 e. The second kappa shape index (κ2) is 5.85. The van der Waals surface area contributed by atoms with E-state index in [-0.39, 0.29) is 12.4 Å². The van der Waals surface area contributed by atoms with Crippen molar-refractivity contribution >= 4 is 29.5 Å². The topological polar surface area (TPSA) is 24.8 Å². The summed E-state index contributed by atoms with van der Waals surface area (Å²) >= 11 is 1.72. The molecule has 94 valence electrons. The molecule has 3 aliphatic rings. The Morgan fingerprint density at radius 3 is 2.82 bits per heavy atom. The third-order valence-corrected chi connectivity index (χ3v) is 4.26. The van der Waals surface area contributed by atoms with E-state index in [2.05, 4.69) is 21.5 Å². The van der Waals surface area contributed by atoms with Crippen molar-refractivity contribution in [3.05, 3.63) is 22.4 Å². The van der Waals surface area contributed by atoms with Crippen molar-refractivity contribution in [2.75, 3.05) is 19.6 Å². The Balaban J connectivity index is 0.00000108. The largest absolute Gasteiger partial charge is 0.390 e. The number of piperidine rings is 3. The van der Waals surface area contributed by atoms with Gasteiger partial charge >= 0.3 is 0 Å². The highest BCUT2D eigenvalue weighted by Crippen LogP contribution is 2.25. The van der Waals surface area contributed by atoms with E-state index in [1.807, 2.05) is 6.07 Å². The van der Waals surface area contributed by atoms with E-state index in [1.54, 1.807) is 11.3 Å². The molecule has 4 heterocycles. The summed E-state index contributed by atoms with van der Waals surface area (Å²) in [6.07, 6.45) is 2.53. The normalized spacial score (nSPS) is 29.1. The second-order valence-electron chi connectivity index (χ2n) is 4.49. The number of oxime groups is 1. The molecular formula is C12H17ClN2OS. The molecule has 1 aromatic heterocycles. The van der Waals surface area contributed by atoms with Gasteiger partial charge in [0.15, 0.2) is 6.61 Å². The van der Waals surface area contributed by atoms with E-state index >= 15 is 0 Å². The first kappa shape index (κ1) is 12.9. The van der Waals surface area contributed by atoms with Crippen LogP contribution < -0.4 is 0 Å². The third-order valence-electron chi connectivity index (χ3n) is 3.41. The van der Waals surface area contributed by atoms with E-state index < -0.39 is 0 Å². The van der Waals surface area contributed by atoms with Gasteiger partial charge in [0.1, 0.15) is 0 Å². The van der Waals surface area contributed by atoms with E-state index in [0.717, 1.165) is 6.54 Å². The Kier molecular flexibility index (Phi) is 4.42. The first-order valence-corrected chi connectivity index (χ1v) is 6.73. The number of hydrogen-bond donors (Lipinski definition) is 0. The summed E-state index contributed by atoms with van der Waals surface area (Å²) in [6, 6.07) is 4.13. The van der Waals surface area contributed by atoms with Gasteiger partial charge in [-0.1, -0.05) is 11.2 Å². The zero-order valence-electron chi connectivity index (χ0n) is 9.67. The van der Waals surface area contributed by atoms with Gasteiger partial charge in [0.05, 0.1) is 5.71 Å². The van der Waals surface area contributed by atoms with Gasteiger partial charge in [-0.3, -0.25) is 4.90 Å². The maximum atomic E-state index is 5.44. The average molecular weight is 273 g/mol. The van der Waals surface area contributed by atoms with Crippen LogP contribution in [0.15, 0.2) is 22.7 Å². The molecule has 0 unspecified atom stereocenters. The number of fused-ring (bicyclic) bond motifs is 3. The highest BCUT2D eigenvalue weighted by Gasteiger charge is 2.31. The van der Waals surface area contributed by atoms with Gasteiger partial charge in [-0.25, -0.2) is 0 Å². The molecule has 3 nitrogen and oxygen atoms in total. The van der Waals surface area contributed by atoms with Gasteiger partial charge in [-0.2, -0.15) is 0 Å². The molecule has 0 saturated carbocycles. The molecular weight excluding hydrogens is 256 g/mol. The van der Waals surface area contributed by atoms with Crippen molar-refractivity contribution in [2.24, 2.45) is 11.1 Å². The summed E-state index contributed by atoms with van der Waals surface area (Å²) in [4.78, 5) is 9.15. The molecule has 1 aromatic rings. The molecule has 5 heteroatoms. The number of halogens is 1. The minimum absolute atomic E-state index is 0. The van der Waals surface area contributed by atoms with Crippen molar-refractivity contribution in [1.82, 2.24) is 4.90 Å². The molecule has 0 radical (unpaired) electrons. The number of thiophene rings is 1. The standard InChI is InChI=1S/C12H16N2OS.ClH/c1-2-11(16-7-1)9-15-13-12-8-14-5-3-10(12)4-6-14;/h1-2,7,10H,3-6,8-9H2;1H. The van der Waals surface area contributed by atoms with Crippen LogP contribution in [0.3, 0.4) is 0 Å². The lowest BCUT2D eigenvalue weighted by atomic mass is 9.87. The Labute approximate surface area is 112 Å². The second-order valence-corrected chi connectivity index (χ2v) is 5.52. The molecule has 0 spiro atoms. The molecule has 0 aromatic carbocycles. The van der Waals surface area contributed by atoms with E-state index in [9.17, 15) is 0 Å². The van der Waals surface area contributed by atoms with E-state index in [4.69, 9.17) is 4.84 Å². The summed E-state index contributed by atoms with van der Waals surface area (Å²) in [7, 11) is 0. The molecule has 2 bridgehead atoms. The Morgan fingerprint density at radius 1 is 1.41 bits per heavy atom. The minimum atomic E-state index is 0. The van der Waals surface area contributed by atoms with Gasteiger partial charge in [-0.05, 0) is 37.4 Å². The van der Waals surface area contributed by atoms with Crippen molar-refractivity contribution < 1.29 is 4.84 Å². The van der Waals surface area contributed by atoms with Gasteiger partial charge in [0.25, 0.3) is 0 Å². The summed E-state index contributed by atoms with van der Waals surface area (Å²) in [5.41, 5.74) is 1.26.